The van der Waals surface area contributed by atoms with Crippen molar-refractivity contribution < 1.29 is 4.79 Å². The number of amides is 1. The number of carbonyl (C=O) groups excluding carboxylic acids is 1. The van der Waals surface area contributed by atoms with Crippen LogP contribution in [0.2, 0.25) is 0 Å². The zero-order valence-corrected chi connectivity index (χ0v) is 12.4. The first-order chi connectivity index (χ1) is 9.05. The normalized spacial score (nSPS) is 27.2. The third-order valence-corrected chi connectivity index (χ3v) is 5.26. The monoisotopic (exact) mass is 278 g/mol. The molecule has 0 aromatic heterocycles. The van der Waals surface area contributed by atoms with E-state index in [0.717, 1.165) is 25.7 Å². The molecular formula is C15H22N2OS. The van der Waals surface area contributed by atoms with Gasteiger partial charge >= 0.3 is 0 Å². The van der Waals surface area contributed by atoms with Crippen LogP contribution in [0.1, 0.15) is 31.2 Å². The Hall–Kier alpha value is -1.00. The second-order valence-corrected chi connectivity index (χ2v) is 6.72. The van der Waals surface area contributed by atoms with Crippen LogP contribution >= 0.6 is 11.8 Å². The molecule has 1 aliphatic rings. The largest absolute Gasteiger partial charge is 0.368 e. The van der Waals surface area contributed by atoms with Crippen LogP contribution in [-0.4, -0.2) is 23.7 Å². The predicted molar refractivity (Wildman–Crippen MR) is 80.3 cm³/mol. The van der Waals surface area contributed by atoms with Gasteiger partial charge in [-0.05, 0) is 51.8 Å². The number of rotatable bonds is 4. The van der Waals surface area contributed by atoms with Crippen molar-refractivity contribution in [2.75, 3.05) is 7.05 Å². The van der Waals surface area contributed by atoms with E-state index in [9.17, 15) is 4.79 Å². The summed E-state index contributed by atoms with van der Waals surface area (Å²) >= 11 is 1.86. The van der Waals surface area contributed by atoms with Gasteiger partial charge < -0.3 is 11.1 Å². The van der Waals surface area contributed by atoms with Crippen molar-refractivity contribution in [3.63, 3.8) is 0 Å². The minimum absolute atomic E-state index is 0.218. The molecule has 19 heavy (non-hydrogen) atoms. The molecule has 1 fully saturated rings. The predicted octanol–water partition coefficient (Wildman–Crippen LogP) is 2.47. The van der Waals surface area contributed by atoms with Crippen LogP contribution in [-0.2, 0) is 4.79 Å². The van der Waals surface area contributed by atoms with Gasteiger partial charge in [0.15, 0.2) is 0 Å². The maximum atomic E-state index is 11.7. The smallest absolute Gasteiger partial charge is 0.237 e. The number of aryl methyl sites for hydroxylation is 1. The molecule has 2 rings (SSSR count). The Morgan fingerprint density at radius 1 is 1.42 bits per heavy atom. The molecule has 1 aromatic rings. The van der Waals surface area contributed by atoms with E-state index in [2.05, 4.69) is 36.5 Å². The van der Waals surface area contributed by atoms with E-state index in [1.165, 1.54) is 10.5 Å². The van der Waals surface area contributed by atoms with Crippen molar-refractivity contribution in [1.29, 1.82) is 0 Å². The Kier molecular flexibility index (Phi) is 4.53. The van der Waals surface area contributed by atoms with Crippen molar-refractivity contribution >= 4 is 17.7 Å². The van der Waals surface area contributed by atoms with Crippen molar-refractivity contribution in [3.05, 3.63) is 29.8 Å². The van der Waals surface area contributed by atoms with Gasteiger partial charge in [0.25, 0.3) is 0 Å². The van der Waals surface area contributed by atoms with E-state index in [1.807, 2.05) is 18.8 Å². The Morgan fingerprint density at radius 2 is 2.11 bits per heavy atom. The summed E-state index contributed by atoms with van der Waals surface area (Å²) in [4.78, 5) is 13.0. The first kappa shape index (κ1) is 14.4. The third-order valence-electron chi connectivity index (χ3n) is 3.98. The third kappa shape index (κ3) is 3.31. The Morgan fingerprint density at radius 3 is 2.68 bits per heavy atom. The van der Waals surface area contributed by atoms with Gasteiger partial charge in [-0.1, -0.05) is 17.7 Å². The summed E-state index contributed by atoms with van der Waals surface area (Å²) in [6.45, 7) is 2.09. The molecule has 0 heterocycles. The van der Waals surface area contributed by atoms with Crippen LogP contribution < -0.4 is 11.1 Å². The molecular weight excluding hydrogens is 256 g/mol. The molecule has 0 radical (unpaired) electrons. The fourth-order valence-corrected chi connectivity index (χ4v) is 4.04. The summed E-state index contributed by atoms with van der Waals surface area (Å²) in [6, 6.07) is 8.56. The van der Waals surface area contributed by atoms with E-state index in [-0.39, 0.29) is 5.91 Å². The molecule has 0 bridgehead atoms. The van der Waals surface area contributed by atoms with Crippen LogP contribution in [0.25, 0.3) is 0 Å². The van der Waals surface area contributed by atoms with Crippen LogP contribution in [0, 0.1) is 6.92 Å². The fraction of sp³-hybridized carbons (Fsp3) is 0.533. The molecule has 1 amide bonds. The van der Waals surface area contributed by atoms with Gasteiger partial charge in [-0.3, -0.25) is 4.79 Å². The second-order valence-electron chi connectivity index (χ2n) is 5.35. The number of likely N-dealkylation sites (N-methyl/N-ethyl adjacent to an activating group) is 1. The minimum Gasteiger partial charge on any atom is -0.368 e. The molecule has 3 N–H and O–H groups in total. The molecule has 2 unspecified atom stereocenters. The second kappa shape index (κ2) is 5.97. The van der Waals surface area contributed by atoms with E-state index < -0.39 is 5.54 Å². The summed E-state index contributed by atoms with van der Waals surface area (Å²) in [7, 11) is 1.84. The number of thioether (sulfide) groups is 1. The number of nitrogens with two attached hydrogens (primary N) is 1. The topological polar surface area (TPSA) is 55.1 Å². The molecule has 104 valence electrons. The molecule has 1 saturated carbocycles. The molecule has 0 saturated heterocycles. The average Bonchev–Trinajstić information content (AvgIpc) is 2.41. The number of carbonyl (C=O) groups is 1. The SMILES string of the molecule is CNC1(C(N)=O)CCCC(Sc2ccc(C)cc2)C1. The summed E-state index contributed by atoms with van der Waals surface area (Å²) in [6.07, 6.45) is 3.86. The maximum absolute atomic E-state index is 11.7. The molecule has 0 spiro atoms. The van der Waals surface area contributed by atoms with E-state index >= 15 is 0 Å². The number of nitrogens with one attached hydrogen (secondary N) is 1. The Labute approximate surface area is 119 Å². The Bertz CT molecular complexity index is 446. The summed E-state index contributed by atoms with van der Waals surface area (Å²) in [5.74, 6) is -0.218. The first-order valence-electron chi connectivity index (χ1n) is 6.78. The van der Waals surface area contributed by atoms with Crippen LogP contribution in [0.4, 0.5) is 0 Å². The lowest BCUT2D eigenvalue weighted by Crippen LogP contribution is -2.57. The van der Waals surface area contributed by atoms with Crippen molar-refractivity contribution in [2.45, 2.75) is 48.3 Å². The van der Waals surface area contributed by atoms with Crippen LogP contribution in [0.3, 0.4) is 0 Å². The van der Waals surface area contributed by atoms with Gasteiger partial charge in [-0.15, -0.1) is 11.8 Å². The zero-order valence-electron chi connectivity index (χ0n) is 11.6. The van der Waals surface area contributed by atoms with E-state index in [0.29, 0.717) is 5.25 Å². The maximum Gasteiger partial charge on any atom is 0.237 e. The molecule has 4 heteroatoms. The number of hydrogen-bond donors (Lipinski definition) is 2. The first-order valence-corrected chi connectivity index (χ1v) is 7.66. The van der Waals surface area contributed by atoms with Crippen molar-refractivity contribution in [2.24, 2.45) is 5.73 Å². The van der Waals surface area contributed by atoms with Gasteiger partial charge in [0.1, 0.15) is 0 Å². The van der Waals surface area contributed by atoms with E-state index in [1.54, 1.807) is 0 Å². The lowest BCUT2D eigenvalue weighted by Gasteiger charge is -2.38. The lowest BCUT2D eigenvalue weighted by atomic mass is 9.81. The quantitative estimate of drug-likeness (QED) is 0.889. The molecule has 1 aliphatic carbocycles. The highest BCUT2D eigenvalue weighted by molar-refractivity contribution is 8.00. The number of benzene rings is 1. The minimum atomic E-state index is -0.513. The van der Waals surface area contributed by atoms with Crippen molar-refractivity contribution in [3.8, 4) is 0 Å². The molecule has 1 aromatic carbocycles. The van der Waals surface area contributed by atoms with Gasteiger partial charge in [-0.25, -0.2) is 0 Å². The van der Waals surface area contributed by atoms with Crippen molar-refractivity contribution in [1.82, 2.24) is 5.32 Å². The number of primary amides is 1. The summed E-state index contributed by atoms with van der Waals surface area (Å²) < 4.78 is 0. The average molecular weight is 278 g/mol. The van der Waals surface area contributed by atoms with Crippen LogP contribution in [0.5, 0.6) is 0 Å². The van der Waals surface area contributed by atoms with E-state index in [4.69, 9.17) is 5.73 Å². The Balaban J connectivity index is 2.05. The fourth-order valence-electron chi connectivity index (χ4n) is 2.71. The van der Waals surface area contributed by atoms with Gasteiger partial charge in [0.05, 0.1) is 5.54 Å². The zero-order chi connectivity index (χ0) is 13.9. The highest BCUT2D eigenvalue weighted by atomic mass is 32.2. The lowest BCUT2D eigenvalue weighted by molar-refractivity contribution is -0.125. The molecule has 3 nitrogen and oxygen atoms in total. The number of hydrogen-bond acceptors (Lipinski definition) is 3. The highest BCUT2D eigenvalue weighted by Gasteiger charge is 2.40. The summed E-state index contributed by atoms with van der Waals surface area (Å²) in [5.41, 5.74) is 6.34. The highest BCUT2D eigenvalue weighted by Crippen LogP contribution is 2.38. The van der Waals surface area contributed by atoms with Gasteiger partial charge in [0, 0.05) is 10.1 Å². The standard InChI is InChI=1S/C15H22N2OS/c1-11-5-7-12(8-6-11)19-13-4-3-9-15(10-13,17-2)14(16)18/h5-8,13,17H,3-4,9-10H2,1-2H3,(H2,16,18). The summed E-state index contributed by atoms with van der Waals surface area (Å²) in [5, 5.41) is 3.61. The molecule has 2 atom stereocenters. The van der Waals surface area contributed by atoms with Gasteiger partial charge in [-0.2, -0.15) is 0 Å². The van der Waals surface area contributed by atoms with Gasteiger partial charge in [0.2, 0.25) is 5.91 Å². The molecule has 0 aliphatic heterocycles. The van der Waals surface area contributed by atoms with Crippen LogP contribution in [0.15, 0.2) is 29.2 Å².